The predicted octanol–water partition coefficient (Wildman–Crippen LogP) is 5.00. The van der Waals surface area contributed by atoms with Crippen LogP contribution < -0.4 is 20.4 Å². The van der Waals surface area contributed by atoms with Crippen LogP contribution in [0.1, 0.15) is 0 Å². The van der Waals surface area contributed by atoms with Crippen molar-refractivity contribution < 1.29 is 0 Å². The van der Waals surface area contributed by atoms with Gasteiger partial charge in [-0.15, -0.1) is 11.3 Å². The number of fused-ring (bicyclic) bond motifs is 3. The quantitative estimate of drug-likeness (QED) is 0.358. The Bertz CT molecular complexity index is 1420. The summed E-state index contributed by atoms with van der Waals surface area (Å²) in [4.78, 5) is 14.3. The SMILES string of the molecule is c1cc(N2CCNCC2)ncc1-c1ccc2sc3ccc(-c4ccc(N5CCNCC5)nc4)cc3c2c1. The van der Waals surface area contributed by atoms with E-state index in [0.717, 1.165) is 75.1 Å². The van der Waals surface area contributed by atoms with Crippen molar-refractivity contribution in [3.8, 4) is 22.3 Å². The Labute approximate surface area is 221 Å². The molecule has 3 aromatic heterocycles. The standard InChI is InChI=1S/C30H30N6S/c1-5-27-25(17-21(1)23-3-7-29(33-19-23)35-13-9-31-10-14-35)26-18-22(2-6-28(26)37-27)24-4-8-30(34-20-24)36-15-11-32-12-16-36/h1-8,17-20,31-32H,9-16H2. The minimum absolute atomic E-state index is 1.01. The van der Waals surface area contributed by atoms with Crippen LogP contribution in [0.5, 0.6) is 0 Å². The molecule has 37 heavy (non-hydrogen) atoms. The number of nitrogens with one attached hydrogen (secondary N) is 2. The smallest absolute Gasteiger partial charge is 0.128 e. The summed E-state index contributed by atoms with van der Waals surface area (Å²) in [5, 5.41) is 9.41. The normalized spacial score (nSPS) is 16.5. The van der Waals surface area contributed by atoms with Gasteiger partial charge in [-0.05, 0) is 59.7 Å². The minimum atomic E-state index is 1.01. The Morgan fingerprint density at radius 2 is 0.973 bits per heavy atom. The first kappa shape index (κ1) is 22.7. The summed E-state index contributed by atoms with van der Waals surface area (Å²) in [6, 6.07) is 22.3. The lowest BCUT2D eigenvalue weighted by atomic mass is 10.0. The predicted molar refractivity (Wildman–Crippen MR) is 156 cm³/mol. The summed E-state index contributed by atoms with van der Waals surface area (Å²) in [5.41, 5.74) is 4.73. The maximum atomic E-state index is 4.79. The first-order chi connectivity index (χ1) is 18.3. The van der Waals surface area contributed by atoms with E-state index >= 15 is 0 Å². The lowest BCUT2D eigenvalue weighted by Crippen LogP contribution is -2.43. The van der Waals surface area contributed by atoms with Gasteiger partial charge in [0, 0.05) is 96.1 Å². The molecule has 0 bridgehead atoms. The molecular formula is C30H30N6S. The highest BCUT2D eigenvalue weighted by Crippen LogP contribution is 2.38. The Balaban J connectivity index is 1.19. The van der Waals surface area contributed by atoms with Crippen LogP contribution in [0.15, 0.2) is 73.1 Å². The number of thiophene rings is 1. The second-order valence-electron chi connectivity index (χ2n) is 9.81. The first-order valence-corrected chi connectivity index (χ1v) is 13.9. The number of hydrogen-bond donors (Lipinski definition) is 2. The highest BCUT2D eigenvalue weighted by molar-refractivity contribution is 7.25. The summed E-state index contributed by atoms with van der Waals surface area (Å²) in [5.74, 6) is 2.13. The Hall–Kier alpha value is -3.52. The third kappa shape index (κ3) is 4.44. The molecule has 0 unspecified atom stereocenters. The number of pyridine rings is 2. The van der Waals surface area contributed by atoms with Crippen LogP contribution in [0.25, 0.3) is 42.4 Å². The molecule has 2 fully saturated rings. The van der Waals surface area contributed by atoms with Crippen LogP contribution in [0.3, 0.4) is 0 Å². The highest BCUT2D eigenvalue weighted by Gasteiger charge is 2.14. The van der Waals surface area contributed by atoms with Gasteiger partial charge in [0.15, 0.2) is 0 Å². The van der Waals surface area contributed by atoms with E-state index in [9.17, 15) is 0 Å². The average molecular weight is 507 g/mol. The van der Waals surface area contributed by atoms with Gasteiger partial charge in [-0.25, -0.2) is 9.97 Å². The maximum absolute atomic E-state index is 4.79. The van der Waals surface area contributed by atoms with E-state index in [1.807, 2.05) is 23.7 Å². The van der Waals surface area contributed by atoms with Crippen molar-refractivity contribution in [3.05, 3.63) is 73.1 Å². The average Bonchev–Trinajstić information content (AvgIpc) is 3.35. The molecule has 2 saturated heterocycles. The monoisotopic (exact) mass is 506 g/mol. The number of benzene rings is 2. The number of rotatable bonds is 4. The molecule has 5 aromatic rings. The number of hydrogen-bond acceptors (Lipinski definition) is 7. The molecule has 0 radical (unpaired) electrons. The number of piperazine rings is 2. The summed E-state index contributed by atoms with van der Waals surface area (Å²) in [7, 11) is 0. The van der Waals surface area contributed by atoms with Crippen LogP contribution in [-0.2, 0) is 0 Å². The molecule has 6 nitrogen and oxygen atoms in total. The summed E-state index contributed by atoms with van der Waals surface area (Å²) in [6.45, 7) is 8.11. The lowest BCUT2D eigenvalue weighted by molar-refractivity contribution is 0.585. The first-order valence-electron chi connectivity index (χ1n) is 13.1. The molecule has 0 spiro atoms. The zero-order valence-electron chi connectivity index (χ0n) is 20.8. The molecule has 186 valence electrons. The van der Waals surface area contributed by atoms with E-state index in [2.05, 4.69) is 81.1 Å². The van der Waals surface area contributed by atoms with Crippen LogP contribution in [-0.4, -0.2) is 62.3 Å². The van der Waals surface area contributed by atoms with Crippen LogP contribution in [0.2, 0.25) is 0 Å². The third-order valence-corrected chi connectivity index (χ3v) is 8.67. The molecule has 0 aliphatic carbocycles. The number of nitrogens with zero attached hydrogens (tertiary/aromatic N) is 4. The van der Waals surface area contributed by atoms with Gasteiger partial charge in [-0.1, -0.05) is 12.1 Å². The van der Waals surface area contributed by atoms with Crippen molar-refractivity contribution in [2.75, 3.05) is 62.2 Å². The van der Waals surface area contributed by atoms with Crippen LogP contribution in [0.4, 0.5) is 11.6 Å². The van der Waals surface area contributed by atoms with E-state index in [1.54, 1.807) is 0 Å². The lowest BCUT2D eigenvalue weighted by Gasteiger charge is -2.28. The fourth-order valence-corrected chi connectivity index (χ4v) is 6.48. The van der Waals surface area contributed by atoms with E-state index in [4.69, 9.17) is 9.97 Å². The fourth-order valence-electron chi connectivity index (χ4n) is 5.41. The van der Waals surface area contributed by atoms with E-state index in [1.165, 1.54) is 31.3 Å². The van der Waals surface area contributed by atoms with Gasteiger partial charge in [-0.3, -0.25) is 0 Å². The molecule has 0 atom stereocenters. The number of anilines is 2. The fraction of sp³-hybridized carbons (Fsp3) is 0.267. The molecule has 2 N–H and O–H groups in total. The Morgan fingerprint density at radius 3 is 1.38 bits per heavy atom. The number of aromatic nitrogens is 2. The van der Waals surface area contributed by atoms with E-state index < -0.39 is 0 Å². The molecule has 2 aromatic carbocycles. The Kier molecular flexibility index (Phi) is 5.97. The summed E-state index contributed by atoms with van der Waals surface area (Å²) >= 11 is 1.86. The molecule has 7 heteroatoms. The van der Waals surface area contributed by atoms with Crippen molar-refractivity contribution >= 4 is 43.1 Å². The van der Waals surface area contributed by atoms with Crippen molar-refractivity contribution in [2.24, 2.45) is 0 Å². The van der Waals surface area contributed by atoms with Crippen LogP contribution in [0, 0.1) is 0 Å². The largest absolute Gasteiger partial charge is 0.354 e. The highest BCUT2D eigenvalue weighted by atomic mass is 32.1. The molecular weight excluding hydrogens is 476 g/mol. The maximum Gasteiger partial charge on any atom is 0.128 e. The van der Waals surface area contributed by atoms with Crippen LogP contribution >= 0.6 is 11.3 Å². The van der Waals surface area contributed by atoms with Gasteiger partial charge in [0.05, 0.1) is 0 Å². The van der Waals surface area contributed by atoms with Gasteiger partial charge in [0.25, 0.3) is 0 Å². The zero-order valence-corrected chi connectivity index (χ0v) is 21.6. The van der Waals surface area contributed by atoms with Crippen molar-refractivity contribution in [3.63, 3.8) is 0 Å². The van der Waals surface area contributed by atoms with Crippen molar-refractivity contribution in [1.82, 2.24) is 20.6 Å². The van der Waals surface area contributed by atoms with Crippen molar-refractivity contribution in [2.45, 2.75) is 0 Å². The van der Waals surface area contributed by atoms with Gasteiger partial charge in [-0.2, -0.15) is 0 Å². The van der Waals surface area contributed by atoms with Gasteiger partial charge in [0.2, 0.25) is 0 Å². The van der Waals surface area contributed by atoms with Gasteiger partial charge >= 0.3 is 0 Å². The van der Waals surface area contributed by atoms with Gasteiger partial charge in [0.1, 0.15) is 11.6 Å². The van der Waals surface area contributed by atoms with Gasteiger partial charge < -0.3 is 20.4 Å². The molecule has 0 saturated carbocycles. The minimum Gasteiger partial charge on any atom is -0.354 e. The van der Waals surface area contributed by atoms with E-state index in [0.29, 0.717) is 0 Å². The topological polar surface area (TPSA) is 56.3 Å². The van der Waals surface area contributed by atoms with Crippen molar-refractivity contribution in [1.29, 1.82) is 0 Å². The molecule has 5 heterocycles. The van der Waals surface area contributed by atoms with E-state index in [-0.39, 0.29) is 0 Å². The summed E-state index contributed by atoms with van der Waals surface area (Å²) < 4.78 is 2.63. The second kappa shape index (κ2) is 9.74. The second-order valence-corrected chi connectivity index (χ2v) is 10.9. The Morgan fingerprint density at radius 1 is 0.541 bits per heavy atom. The molecule has 7 rings (SSSR count). The molecule has 2 aliphatic heterocycles. The molecule has 2 aliphatic rings. The third-order valence-electron chi connectivity index (χ3n) is 7.51. The molecule has 0 amide bonds. The zero-order chi connectivity index (χ0) is 24.6. The summed E-state index contributed by atoms with van der Waals surface area (Å²) in [6.07, 6.45) is 4.04.